The summed E-state index contributed by atoms with van der Waals surface area (Å²) in [5, 5.41) is 21.7. The quantitative estimate of drug-likeness (QED) is 0.183. The second kappa shape index (κ2) is 12.5. The first kappa shape index (κ1) is 24.9. The Hall–Kier alpha value is -3.36. The minimum atomic E-state index is -1.82. The van der Waals surface area contributed by atoms with Gasteiger partial charge in [0.15, 0.2) is 0 Å². The fourth-order valence-electron chi connectivity index (χ4n) is 2.77. The Morgan fingerprint density at radius 1 is 0.938 bits per heavy atom. The van der Waals surface area contributed by atoms with Crippen LogP contribution in [0, 0.1) is 0 Å². The van der Waals surface area contributed by atoms with Gasteiger partial charge in [0.2, 0.25) is 0 Å². The van der Waals surface area contributed by atoms with Crippen molar-refractivity contribution in [2.24, 2.45) is 5.16 Å². The zero-order valence-electron chi connectivity index (χ0n) is 18.2. The second-order valence-corrected chi connectivity index (χ2v) is 7.82. The SMILES string of the molecule is CSc1ccc(/C(=N\OCCN(C)C)c2cccc3ccccc23)cc1.O=C(O)C(=O)O. The Morgan fingerprint density at radius 3 is 2.16 bits per heavy atom. The van der Waals surface area contributed by atoms with Crippen molar-refractivity contribution in [3.05, 3.63) is 77.9 Å². The van der Waals surface area contributed by atoms with Gasteiger partial charge in [0.1, 0.15) is 12.3 Å². The predicted octanol–water partition coefficient (Wildman–Crippen LogP) is 4.05. The molecule has 32 heavy (non-hydrogen) atoms. The average molecular weight is 455 g/mol. The number of benzene rings is 3. The number of rotatable bonds is 7. The maximum absolute atomic E-state index is 9.10. The van der Waals surface area contributed by atoms with Crippen LogP contribution in [0.4, 0.5) is 0 Å². The number of hydrogen-bond donors (Lipinski definition) is 2. The summed E-state index contributed by atoms with van der Waals surface area (Å²) in [5.41, 5.74) is 3.02. The van der Waals surface area contributed by atoms with E-state index in [2.05, 4.69) is 83.0 Å². The number of likely N-dealkylation sites (N-methyl/N-ethyl adjacent to an activating group) is 1. The van der Waals surface area contributed by atoms with Crippen LogP contribution in [0.5, 0.6) is 0 Å². The van der Waals surface area contributed by atoms with E-state index in [1.165, 1.54) is 15.7 Å². The molecule has 168 valence electrons. The molecule has 0 aliphatic rings. The summed E-state index contributed by atoms with van der Waals surface area (Å²) in [5.74, 6) is -3.65. The molecule has 0 spiro atoms. The van der Waals surface area contributed by atoms with Gasteiger partial charge in [-0.15, -0.1) is 11.8 Å². The summed E-state index contributed by atoms with van der Waals surface area (Å²) in [6.07, 6.45) is 2.08. The maximum atomic E-state index is 9.10. The molecule has 0 amide bonds. The highest BCUT2D eigenvalue weighted by atomic mass is 32.2. The molecule has 3 aromatic rings. The minimum absolute atomic E-state index is 0.560. The largest absolute Gasteiger partial charge is 0.473 e. The number of fused-ring (bicyclic) bond motifs is 1. The number of carbonyl (C=O) groups is 2. The van der Waals surface area contributed by atoms with Gasteiger partial charge in [0.05, 0.1) is 0 Å². The Balaban J connectivity index is 0.000000534. The number of aliphatic carboxylic acids is 2. The van der Waals surface area contributed by atoms with E-state index in [0.29, 0.717) is 6.61 Å². The monoisotopic (exact) mass is 454 g/mol. The first-order chi connectivity index (χ1) is 15.3. The third-order valence-corrected chi connectivity index (χ3v) is 5.12. The summed E-state index contributed by atoms with van der Waals surface area (Å²) in [6.45, 7) is 1.39. The van der Waals surface area contributed by atoms with Gasteiger partial charge in [-0.1, -0.05) is 59.8 Å². The highest BCUT2D eigenvalue weighted by Crippen LogP contribution is 2.23. The van der Waals surface area contributed by atoms with Crippen LogP contribution in [0.2, 0.25) is 0 Å². The number of carboxylic acid groups (broad SMARTS) is 2. The second-order valence-electron chi connectivity index (χ2n) is 6.94. The number of carboxylic acids is 2. The number of thioether (sulfide) groups is 1. The molecule has 3 rings (SSSR count). The van der Waals surface area contributed by atoms with Gasteiger partial charge >= 0.3 is 11.9 Å². The smallest absolute Gasteiger partial charge is 0.414 e. The van der Waals surface area contributed by atoms with Crippen LogP contribution in [0.15, 0.2) is 76.8 Å². The third-order valence-electron chi connectivity index (χ3n) is 4.38. The summed E-state index contributed by atoms with van der Waals surface area (Å²) in [7, 11) is 4.06. The lowest BCUT2D eigenvalue weighted by Gasteiger charge is -2.12. The lowest BCUT2D eigenvalue weighted by Crippen LogP contribution is -2.17. The standard InChI is InChI=1S/C22H24N2OS.C2H2O4/c1-24(2)15-16-25-23-22(18-11-13-19(26-3)14-12-18)21-10-6-8-17-7-4-5-9-20(17)21;3-1(4)2(5)6/h4-14H,15-16H2,1-3H3;(H,3,4)(H,5,6)/b23-22+;. The molecule has 0 unspecified atom stereocenters. The first-order valence-electron chi connectivity index (χ1n) is 9.77. The number of oxime groups is 1. The highest BCUT2D eigenvalue weighted by molar-refractivity contribution is 7.98. The van der Waals surface area contributed by atoms with Crippen LogP contribution in [-0.2, 0) is 14.4 Å². The highest BCUT2D eigenvalue weighted by Gasteiger charge is 2.12. The zero-order chi connectivity index (χ0) is 23.5. The molecule has 0 atom stereocenters. The molecular weight excluding hydrogens is 428 g/mol. The Labute approximate surface area is 191 Å². The molecule has 0 heterocycles. The third kappa shape index (κ3) is 7.40. The Morgan fingerprint density at radius 2 is 1.56 bits per heavy atom. The van der Waals surface area contributed by atoms with Gasteiger partial charge in [0.25, 0.3) is 0 Å². The molecule has 7 nitrogen and oxygen atoms in total. The van der Waals surface area contributed by atoms with Gasteiger partial charge in [-0.3, -0.25) is 0 Å². The first-order valence-corrected chi connectivity index (χ1v) is 11.0. The van der Waals surface area contributed by atoms with Crippen molar-refractivity contribution in [2.45, 2.75) is 4.90 Å². The Bertz CT molecular complexity index is 1060. The van der Waals surface area contributed by atoms with Gasteiger partial charge in [-0.05, 0) is 43.3 Å². The van der Waals surface area contributed by atoms with Crippen molar-refractivity contribution < 1.29 is 24.6 Å². The zero-order valence-corrected chi connectivity index (χ0v) is 19.0. The summed E-state index contributed by atoms with van der Waals surface area (Å²) in [6, 6.07) is 23.2. The fraction of sp³-hybridized carbons (Fsp3) is 0.208. The van der Waals surface area contributed by atoms with Gasteiger partial charge in [0, 0.05) is 22.6 Å². The molecule has 8 heteroatoms. The lowest BCUT2D eigenvalue weighted by atomic mass is 9.97. The van der Waals surface area contributed by atoms with E-state index in [-0.39, 0.29) is 0 Å². The summed E-state index contributed by atoms with van der Waals surface area (Å²) >= 11 is 1.74. The van der Waals surface area contributed by atoms with Crippen LogP contribution >= 0.6 is 11.8 Å². The molecule has 2 N–H and O–H groups in total. The van der Waals surface area contributed by atoms with Crippen LogP contribution in [0.3, 0.4) is 0 Å². The molecule has 0 bridgehead atoms. The summed E-state index contributed by atoms with van der Waals surface area (Å²) < 4.78 is 0. The maximum Gasteiger partial charge on any atom is 0.414 e. The molecular formula is C24H26N2O5S. The van der Waals surface area contributed by atoms with E-state index in [1.807, 2.05) is 14.1 Å². The molecule has 0 fully saturated rings. The lowest BCUT2D eigenvalue weighted by molar-refractivity contribution is -0.159. The molecule has 0 radical (unpaired) electrons. The molecule has 0 saturated carbocycles. The van der Waals surface area contributed by atoms with Crippen molar-refractivity contribution >= 4 is 40.2 Å². The van der Waals surface area contributed by atoms with E-state index in [4.69, 9.17) is 24.6 Å². The molecule has 0 aromatic heterocycles. The Kier molecular flexibility index (Phi) is 9.72. The van der Waals surface area contributed by atoms with Crippen LogP contribution in [-0.4, -0.2) is 66.3 Å². The molecule has 0 aliphatic heterocycles. The van der Waals surface area contributed by atoms with Crippen LogP contribution < -0.4 is 0 Å². The van der Waals surface area contributed by atoms with Gasteiger partial charge < -0.3 is 20.0 Å². The normalized spacial score (nSPS) is 11.1. The fourth-order valence-corrected chi connectivity index (χ4v) is 3.18. The van der Waals surface area contributed by atoms with Crippen LogP contribution in [0.1, 0.15) is 11.1 Å². The van der Waals surface area contributed by atoms with Crippen molar-refractivity contribution in [1.29, 1.82) is 0 Å². The molecule has 3 aromatic carbocycles. The van der Waals surface area contributed by atoms with Crippen molar-refractivity contribution in [1.82, 2.24) is 4.90 Å². The van der Waals surface area contributed by atoms with Crippen molar-refractivity contribution in [3.63, 3.8) is 0 Å². The van der Waals surface area contributed by atoms with E-state index < -0.39 is 11.9 Å². The van der Waals surface area contributed by atoms with Crippen LogP contribution in [0.25, 0.3) is 10.8 Å². The average Bonchev–Trinajstić information content (AvgIpc) is 2.79. The molecule has 0 aliphatic carbocycles. The number of nitrogens with zero attached hydrogens (tertiary/aromatic N) is 2. The van der Waals surface area contributed by atoms with E-state index in [0.717, 1.165) is 23.4 Å². The summed E-state index contributed by atoms with van der Waals surface area (Å²) in [4.78, 5) is 27.2. The van der Waals surface area contributed by atoms with E-state index >= 15 is 0 Å². The van der Waals surface area contributed by atoms with E-state index in [1.54, 1.807) is 11.8 Å². The van der Waals surface area contributed by atoms with Gasteiger partial charge in [-0.25, -0.2) is 9.59 Å². The molecule has 0 saturated heterocycles. The van der Waals surface area contributed by atoms with Crippen molar-refractivity contribution in [3.8, 4) is 0 Å². The van der Waals surface area contributed by atoms with E-state index in [9.17, 15) is 0 Å². The predicted molar refractivity (Wildman–Crippen MR) is 128 cm³/mol. The minimum Gasteiger partial charge on any atom is -0.473 e. The van der Waals surface area contributed by atoms with Crippen molar-refractivity contribution in [2.75, 3.05) is 33.5 Å². The number of hydrogen-bond acceptors (Lipinski definition) is 6. The topological polar surface area (TPSA) is 99.4 Å². The van der Waals surface area contributed by atoms with Gasteiger partial charge in [-0.2, -0.15) is 0 Å².